The first-order valence-corrected chi connectivity index (χ1v) is 6.48. The van der Waals surface area contributed by atoms with Gasteiger partial charge in [0.25, 0.3) is 0 Å². The van der Waals surface area contributed by atoms with Crippen LogP contribution >= 0.6 is 0 Å². The third-order valence-electron chi connectivity index (χ3n) is 3.14. The Morgan fingerprint density at radius 2 is 1.90 bits per heavy atom. The zero-order valence-electron chi connectivity index (χ0n) is 11.2. The molecule has 0 radical (unpaired) electrons. The van der Waals surface area contributed by atoms with Gasteiger partial charge in [0.05, 0.1) is 11.3 Å². The summed E-state index contributed by atoms with van der Waals surface area (Å²) in [4.78, 5) is 8.64. The minimum atomic E-state index is 0.741. The topological polar surface area (TPSA) is 51.0 Å². The molecule has 0 atom stereocenters. The van der Waals surface area contributed by atoms with Crippen molar-refractivity contribution in [3.05, 3.63) is 66.3 Å². The lowest BCUT2D eigenvalue weighted by Crippen LogP contribution is -1.97. The maximum atomic E-state index is 5.57. The first-order chi connectivity index (χ1) is 9.88. The molecule has 4 heteroatoms. The number of nitrogens with one attached hydrogen (secondary N) is 1. The lowest BCUT2D eigenvalue weighted by atomic mass is 10.1. The van der Waals surface area contributed by atoms with E-state index < -0.39 is 0 Å². The molecule has 2 aromatic heterocycles. The van der Waals surface area contributed by atoms with Crippen LogP contribution in [-0.4, -0.2) is 17.0 Å². The van der Waals surface area contributed by atoms with Crippen molar-refractivity contribution in [1.29, 1.82) is 0 Å². The Balaban J connectivity index is 1.98. The van der Waals surface area contributed by atoms with Gasteiger partial charge in [-0.2, -0.15) is 0 Å². The van der Waals surface area contributed by atoms with Crippen molar-refractivity contribution in [2.24, 2.45) is 0 Å². The Kier molecular flexibility index (Phi) is 3.46. The van der Waals surface area contributed by atoms with Gasteiger partial charge in [-0.3, -0.25) is 0 Å². The molecule has 100 valence electrons. The van der Waals surface area contributed by atoms with Gasteiger partial charge in [0, 0.05) is 19.7 Å². The van der Waals surface area contributed by atoms with E-state index in [4.69, 9.17) is 4.42 Å². The van der Waals surface area contributed by atoms with Gasteiger partial charge >= 0.3 is 0 Å². The zero-order chi connectivity index (χ0) is 13.8. The Hall–Kier alpha value is -2.62. The molecule has 1 aromatic carbocycles. The Labute approximate surface area is 117 Å². The summed E-state index contributed by atoms with van der Waals surface area (Å²) in [5, 5.41) is 3.08. The predicted octanol–water partition coefficient (Wildman–Crippen LogP) is 3.37. The summed E-state index contributed by atoms with van der Waals surface area (Å²) < 4.78 is 5.57. The van der Waals surface area contributed by atoms with Crippen molar-refractivity contribution in [2.75, 3.05) is 12.4 Å². The molecule has 1 N–H and O–H groups in total. The van der Waals surface area contributed by atoms with Crippen LogP contribution in [-0.2, 0) is 6.42 Å². The van der Waals surface area contributed by atoms with Crippen LogP contribution in [0.25, 0.3) is 11.3 Å². The van der Waals surface area contributed by atoms with Gasteiger partial charge in [-0.1, -0.05) is 30.3 Å². The third-order valence-corrected chi connectivity index (χ3v) is 3.14. The van der Waals surface area contributed by atoms with Gasteiger partial charge in [-0.25, -0.2) is 9.97 Å². The Morgan fingerprint density at radius 3 is 2.70 bits per heavy atom. The third kappa shape index (κ3) is 2.40. The molecule has 0 spiro atoms. The molecule has 0 saturated heterocycles. The van der Waals surface area contributed by atoms with Crippen LogP contribution in [0.15, 0.2) is 59.5 Å². The number of hydrogen-bond donors (Lipinski definition) is 1. The fourth-order valence-electron chi connectivity index (χ4n) is 2.19. The number of anilines is 1. The molecule has 3 rings (SSSR count). The van der Waals surface area contributed by atoms with Crippen LogP contribution < -0.4 is 5.32 Å². The summed E-state index contributed by atoms with van der Waals surface area (Å²) in [5.74, 6) is 1.56. The van der Waals surface area contributed by atoms with Crippen LogP contribution in [0.5, 0.6) is 0 Å². The monoisotopic (exact) mass is 265 g/mol. The van der Waals surface area contributed by atoms with Gasteiger partial charge < -0.3 is 9.73 Å². The number of nitrogens with zero attached hydrogens (tertiary/aromatic N) is 2. The maximum absolute atomic E-state index is 5.57. The van der Waals surface area contributed by atoms with E-state index >= 15 is 0 Å². The van der Waals surface area contributed by atoms with E-state index in [-0.39, 0.29) is 0 Å². The summed E-state index contributed by atoms with van der Waals surface area (Å²) in [7, 11) is 1.85. The fraction of sp³-hybridized carbons (Fsp3) is 0.125. The van der Waals surface area contributed by atoms with E-state index in [0.29, 0.717) is 0 Å². The summed E-state index contributed by atoms with van der Waals surface area (Å²) in [6, 6.07) is 14.1. The molecule has 3 aromatic rings. The normalized spacial score (nSPS) is 10.4. The number of aromatic nitrogens is 2. The maximum Gasteiger partial charge on any atom is 0.181 e. The largest absolute Gasteiger partial charge is 0.443 e. The molecule has 0 aliphatic rings. The predicted molar refractivity (Wildman–Crippen MR) is 78.5 cm³/mol. The van der Waals surface area contributed by atoms with Crippen LogP contribution in [0, 0.1) is 0 Å². The van der Waals surface area contributed by atoms with Crippen LogP contribution in [0.3, 0.4) is 0 Å². The molecular weight excluding hydrogens is 250 g/mol. The molecule has 0 unspecified atom stereocenters. The quantitative estimate of drug-likeness (QED) is 0.785. The van der Waals surface area contributed by atoms with Crippen molar-refractivity contribution in [2.45, 2.75) is 6.42 Å². The molecule has 0 aliphatic heterocycles. The first kappa shape index (κ1) is 12.4. The highest BCUT2D eigenvalue weighted by atomic mass is 16.3. The average Bonchev–Trinajstić information content (AvgIpc) is 2.96. The summed E-state index contributed by atoms with van der Waals surface area (Å²) >= 11 is 0. The summed E-state index contributed by atoms with van der Waals surface area (Å²) in [6.07, 6.45) is 3.98. The molecule has 4 nitrogen and oxygen atoms in total. The first-order valence-electron chi connectivity index (χ1n) is 6.48. The molecule has 0 saturated carbocycles. The number of pyridine rings is 1. The Morgan fingerprint density at radius 1 is 1.05 bits per heavy atom. The Bertz CT molecular complexity index is 692. The highest BCUT2D eigenvalue weighted by Gasteiger charge is 2.14. The second kappa shape index (κ2) is 5.57. The highest BCUT2D eigenvalue weighted by molar-refractivity contribution is 5.72. The van der Waals surface area contributed by atoms with E-state index in [1.54, 1.807) is 6.20 Å². The molecule has 0 amide bonds. The molecule has 20 heavy (non-hydrogen) atoms. The van der Waals surface area contributed by atoms with Crippen LogP contribution in [0.4, 0.5) is 5.82 Å². The molecular formula is C16H15N3O. The van der Waals surface area contributed by atoms with Crippen molar-refractivity contribution in [3.8, 4) is 11.3 Å². The van der Waals surface area contributed by atoms with E-state index in [1.165, 1.54) is 12.0 Å². The standard InChI is InChI=1S/C16H15N3O/c1-17-16-13(8-5-9-18-16)15-14(19-11-20-15)10-12-6-3-2-4-7-12/h2-9,11H,10H2,1H3,(H,17,18). The van der Waals surface area contributed by atoms with Crippen molar-refractivity contribution in [1.82, 2.24) is 9.97 Å². The van der Waals surface area contributed by atoms with Crippen LogP contribution in [0.2, 0.25) is 0 Å². The molecule has 2 heterocycles. The van der Waals surface area contributed by atoms with E-state index in [1.807, 2.05) is 37.4 Å². The lowest BCUT2D eigenvalue weighted by molar-refractivity contribution is 0.571. The van der Waals surface area contributed by atoms with E-state index in [2.05, 4.69) is 27.4 Å². The van der Waals surface area contributed by atoms with Gasteiger partial charge in [-0.05, 0) is 17.7 Å². The average molecular weight is 265 g/mol. The molecule has 0 bridgehead atoms. The number of benzene rings is 1. The smallest absolute Gasteiger partial charge is 0.181 e. The van der Waals surface area contributed by atoms with E-state index in [0.717, 1.165) is 29.3 Å². The molecule has 0 aliphatic carbocycles. The second-order valence-corrected chi connectivity index (χ2v) is 4.44. The fourth-order valence-corrected chi connectivity index (χ4v) is 2.19. The van der Waals surface area contributed by atoms with Gasteiger partial charge in [0.1, 0.15) is 5.82 Å². The van der Waals surface area contributed by atoms with Gasteiger partial charge in [-0.15, -0.1) is 0 Å². The minimum Gasteiger partial charge on any atom is -0.443 e. The lowest BCUT2D eigenvalue weighted by Gasteiger charge is -2.06. The summed E-state index contributed by atoms with van der Waals surface area (Å²) in [5.41, 5.74) is 3.05. The SMILES string of the molecule is CNc1ncccc1-c1ocnc1Cc1ccccc1. The highest BCUT2D eigenvalue weighted by Crippen LogP contribution is 2.29. The number of oxazole rings is 1. The van der Waals surface area contributed by atoms with Gasteiger partial charge in [0.2, 0.25) is 0 Å². The summed E-state index contributed by atoms with van der Waals surface area (Å²) in [6.45, 7) is 0. The van der Waals surface area contributed by atoms with Crippen molar-refractivity contribution >= 4 is 5.82 Å². The van der Waals surface area contributed by atoms with Crippen molar-refractivity contribution in [3.63, 3.8) is 0 Å². The van der Waals surface area contributed by atoms with Crippen LogP contribution in [0.1, 0.15) is 11.3 Å². The van der Waals surface area contributed by atoms with Crippen molar-refractivity contribution < 1.29 is 4.42 Å². The molecule has 0 fully saturated rings. The van der Waals surface area contributed by atoms with Gasteiger partial charge in [0.15, 0.2) is 12.2 Å². The van der Waals surface area contributed by atoms with E-state index in [9.17, 15) is 0 Å². The second-order valence-electron chi connectivity index (χ2n) is 4.44. The minimum absolute atomic E-state index is 0.741. The number of rotatable bonds is 4. The zero-order valence-corrected chi connectivity index (χ0v) is 11.2. The number of hydrogen-bond acceptors (Lipinski definition) is 4.